The van der Waals surface area contributed by atoms with Crippen molar-refractivity contribution in [2.24, 2.45) is 0 Å². The van der Waals surface area contributed by atoms with Crippen LogP contribution in [0, 0.1) is 0 Å². The Morgan fingerprint density at radius 3 is 1.33 bits per heavy atom. The van der Waals surface area contributed by atoms with E-state index in [0.717, 1.165) is 77.0 Å². The second-order valence-electron chi connectivity index (χ2n) is 18.8. The summed E-state index contributed by atoms with van der Waals surface area (Å²) in [4.78, 5) is 37.1. The molecule has 0 aliphatic rings. The van der Waals surface area contributed by atoms with Crippen LogP contribution in [0.25, 0.3) is 0 Å². The summed E-state index contributed by atoms with van der Waals surface area (Å²) < 4.78 is 22.7. The van der Waals surface area contributed by atoms with Crippen molar-refractivity contribution in [2.45, 2.75) is 238 Å². The van der Waals surface area contributed by atoms with Gasteiger partial charge in [0.15, 0.2) is 6.10 Å². The lowest BCUT2D eigenvalue weighted by Crippen LogP contribution is -2.40. The van der Waals surface area contributed by atoms with Gasteiger partial charge in [-0.3, -0.25) is 9.59 Å². The largest absolute Gasteiger partial charge is 0.477 e. The zero-order valence-corrected chi connectivity index (χ0v) is 42.2. The Balaban J connectivity index is 4.14. The predicted molar refractivity (Wildman–Crippen MR) is 267 cm³/mol. The summed E-state index contributed by atoms with van der Waals surface area (Å²) in [6.07, 6.45) is 53.4. The van der Waals surface area contributed by atoms with Gasteiger partial charge >= 0.3 is 17.9 Å². The minimum Gasteiger partial charge on any atom is -0.477 e. The van der Waals surface area contributed by atoms with Crippen molar-refractivity contribution < 1.29 is 42.9 Å². The monoisotopic (exact) mass is 903 g/mol. The van der Waals surface area contributed by atoms with Gasteiger partial charge in [0.25, 0.3) is 6.29 Å². The van der Waals surface area contributed by atoms with E-state index in [1.807, 2.05) is 21.1 Å². The van der Waals surface area contributed by atoms with Crippen LogP contribution in [0.5, 0.6) is 0 Å². The zero-order valence-electron chi connectivity index (χ0n) is 42.2. The molecule has 0 fully saturated rings. The highest BCUT2D eigenvalue weighted by atomic mass is 16.7. The fourth-order valence-corrected chi connectivity index (χ4v) is 7.20. The molecule has 0 radical (unpaired) electrons. The molecule has 372 valence electrons. The number of nitrogens with zero attached hydrogens (tertiary/aromatic N) is 1. The topological polar surface area (TPSA) is 108 Å². The van der Waals surface area contributed by atoms with Gasteiger partial charge in [-0.2, -0.15) is 0 Å². The third-order valence-corrected chi connectivity index (χ3v) is 11.3. The van der Waals surface area contributed by atoms with Crippen molar-refractivity contribution in [3.05, 3.63) is 48.6 Å². The third-order valence-electron chi connectivity index (χ3n) is 11.3. The van der Waals surface area contributed by atoms with E-state index in [1.54, 1.807) is 0 Å². The molecule has 0 amide bonds. The van der Waals surface area contributed by atoms with Gasteiger partial charge in [-0.25, -0.2) is 4.79 Å². The molecule has 9 nitrogen and oxygen atoms in total. The number of carbonyl (C=O) groups excluding carboxylic acids is 2. The van der Waals surface area contributed by atoms with Crippen LogP contribution in [0.15, 0.2) is 48.6 Å². The van der Waals surface area contributed by atoms with Gasteiger partial charge in [0, 0.05) is 12.8 Å². The number of likely N-dealkylation sites (N-methyl/N-ethyl adjacent to an activating group) is 1. The van der Waals surface area contributed by atoms with Crippen LogP contribution < -0.4 is 0 Å². The maximum Gasteiger partial charge on any atom is 0.361 e. The van der Waals surface area contributed by atoms with Crippen LogP contribution in [0.3, 0.4) is 0 Å². The van der Waals surface area contributed by atoms with E-state index in [-0.39, 0.29) is 32.2 Å². The second kappa shape index (κ2) is 46.8. The number of quaternary nitrogens is 1. The van der Waals surface area contributed by atoms with E-state index in [2.05, 4.69) is 62.5 Å². The number of unbranched alkanes of at least 4 members (excludes halogenated alkanes) is 25. The average Bonchev–Trinajstić information content (AvgIpc) is 3.26. The Kier molecular flexibility index (Phi) is 44.8. The van der Waals surface area contributed by atoms with E-state index in [4.69, 9.17) is 18.9 Å². The number of carbonyl (C=O) groups is 3. The van der Waals surface area contributed by atoms with Crippen LogP contribution in [0.2, 0.25) is 0 Å². The van der Waals surface area contributed by atoms with Gasteiger partial charge in [0.05, 0.1) is 34.4 Å². The number of carboxylic acid groups (broad SMARTS) is 1. The molecular formula is C55H100NO8+. The first-order valence-electron chi connectivity index (χ1n) is 26.3. The molecule has 0 rings (SSSR count). The number of allylic oxidation sites excluding steroid dienone is 8. The molecule has 2 unspecified atom stereocenters. The Morgan fingerprint density at radius 2 is 0.875 bits per heavy atom. The smallest absolute Gasteiger partial charge is 0.361 e. The molecule has 0 aromatic rings. The van der Waals surface area contributed by atoms with Gasteiger partial charge in [0.2, 0.25) is 0 Å². The molecule has 0 aliphatic carbocycles. The first-order chi connectivity index (χ1) is 31.1. The SMILES string of the molecule is CCC/C=C\CCCCCCCC(=O)OCC(COC(OCC[N+](C)(C)C)C(=O)O)OC(=O)CCCCCCCCCCCCCCCC/C=C\C/C=C\C/C=C\CCCCCCC. The van der Waals surface area contributed by atoms with Crippen LogP contribution >= 0.6 is 0 Å². The Labute approximate surface area is 393 Å². The summed E-state index contributed by atoms with van der Waals surface area (Å²) >= 11 is 0. The molecule has 9 heteroatoms. The quantitative estimate of drug-likeness (QED) is 0.0211. The maximum absolute atomic E-state index is 12.8. The van der Waals surface area contributed by atoms with Gasteiger partial charge in [-0.05, 0) is 70.6 Å². The first kappa shape index (κ1) is 61.2. The molecule has 64 heavy (non-hydrogen) atoms. The predicted octanol–water partition coefficient (Wildman–Crippen LogP) is 14.7. The van der Waals surface area contributed by atoms with Crippen molar-refractivity contribution in [2.75, 3.05) is 47.5 Å². The summed E-state index contributed by atoms with van der Waals surface area (Å²) in [7, 11) is 5.95. The number of aliphatic carboxylic acids is 1. The second-order valence-corrected chi connectivity index (χ2v) is 18.8. The standard InChI is InChI=1S/C55H99NO8/c1-6-8-10-12-14-16-18-19-20-21-22-23-24-25-26-27-28-29-30-31-32-33-34-35-36-38-40-42-44-46-53(58)64-51(50-63-55(54(59)60)61-48-47-56(3,4)5)49-62-52(57)45-43-41-39-37-17-15-13-11-9-7-2/h11,13,18-19,21-22,24-25,51,55H,6-10,12,14-17,20,23,26-50H2,1-5H3/p+1/b13-11-,19-18-,22-21-,25-24-. The highest BCUT2D eigenvalue weighted by molar-refractivity contribution is 5.71. The minimum atomic E-state index is -1.51. The van der Waals surface area contributed by atoms with Crippen molar-refractivity contribution >= 4 is 17.9 Å². The van der Waals surface area contributed by atoms with Gasteiger partial charge < -0.3 is 28.5 Å². The van der Waals surface area contributed by atoms with Gasteiger partial charge in [0.1, 0.15) is 13.2 Å². The summed E-state index contributed by atoms with van der Waals surface area (Å²) in [5.74, 6) is -2.02. The summed E-state index contributed by atoms with van der Waals surface area (Å²) in [6.45, 7) is 4.79. The number of ether oxygens (including phenoxy) is 4. The Bertz CT molecular complexity index is 1190. The molecule has 0 saturated carbocycles. The number of carboxylic acids is 1. The van der Waals surface area contributed by atoms with Crippen molar-refractivity contribution in [3.63, 3.8) is 0 Å². The molecule has 2 atom stereocenters. The third kappa shape index (κ3) is 47.2. The molecule has 0 spiro atoms. The molecule has 0 aromatic heterocycles. The molecule has 0 heterocycles. The van der Waals surface area contributed by atoms with Crippen LogP contribution in [0.4, 0.5) is 0 Å². The summed E-state index contributed by atoms with van der Waals surface area (Å²) in [6, 6.07) is 0. The lowest BCUT2D eigenvalue weighted by Gasteiger charge is -2.25. The Hall–Kier alpha value is -2.75. The van der Waals surface area contributed by atoms with Crippen molar-refractivity contribution in [3.8, 4) is 0 Å². The van der Waals surface area contributed by atoms with Crippen molar-refractivity contribution in [1.29, 1.82) is 0 Å². The summed E-state index contributed by atoms with van der Waals surface area (Å²) in [5.41, 5.74) is 0. The van der Waals surface area contributed by atoms with E-state index in [1.165, 1.54) is 122 Å². The lowest BCUT2D eigenvalue weighted by molar-refractivity contribution is -0.870. The minimum absolute atomic E-state index is 0.186. The number of rotatable bonds is 48. The molecular weight excluding hydrogens is 803 g/mol. The molecule has 0 bridgehead atoms. The van der Waals surface area contributed by atoms with E-state index in [0.29, 0.717) is 17.4 Å². The highest BCUT2D eigenvalue weighted by Crippen LogP contribution is 2.15. The molecule has 0 aliphatic heterocycles. The van der Waals surface area contributed by atoms with Crippen LogP contribution in [-0.4, -0.2) is 87.4 Å². The van der Waals surface area contributed by atoms with Gasteiger partial charge in [-0.15, -0.1) is 0 Å². The number of hydrogen-bond donors (Lipinski definition) is 1. The van der Waals surface area contributed by atoms with E-state index >= 15 is 0 Å². The van der Waals surface area contributed by atoms with Crippen molar-refractivity contribution in [1.82, 2.24) is 0 Å². The maximum atomic E-state index is 12.8. The average molecular weight is 903 g/mol. The highest BCUT2D eigenvalue weighted by Gasteiger charge is 2.25. The lowest BCUT2D eigenvalue weighted by atomic mass is 10.0. The zero-order chi connectivity index (χ0) is 47.0. The fraction of sp³-hybridized carbons (Fsp3) is 0.800. The Morgan fingerprint density at radius 1 is 0.469 bits per heavy atom. The number of hydrogen-bond acceptors (Lipinski definition) is 7. The van der Waals surface area contributed by atoms with Crippen LogP contribution in [0.1, 0.15) is 226 Å². The molecule has 0 saturated heterocycles. The van der Waals surface area contributed by atoms with Crippen LogP contribution in [-0.2, 0) is 33.3 Å². The summed E-state index contributed by atoms with van der Waals surface area (Å²) in [5, 5.41) is 9.65. The van der Waals surface area contributed by atoms with E-state index < -0.39 is 24.3 Å². The molecule has 1 N–H and O–H groups in total. The first-order valence-corrected chi connectivity index (χ1v) is 26.3. The fourth-order valence-electron chi connectivity index (χ4n) is 7.20. The molecule has 0 aromatic carbocycles. The normalized spacial score (nSPS) is 13.2. The van der Waals surface area contributed by atoms with E-state index in [9.17, 15) is 19.5 Å². The number of esters is 2. The van der Waals surface area contributed by atoms with Gasteiger partial charge in [-0.1, -0.05) is 191 Å².